The lowest BCUT2D eigenvalue weighted by atomic mass is 10.2. The maximum atomic E-state index is 6.02. The minimum atomic E-state index is 0.563. The molecular weight excluding hydrogens is 210 g/mol. The molecule has 0 aromatic carbocycles. The molecule has 0 spiro atoms. The molecule has 2 heterocycles. The molecule has 82 valence electrons. The summed E-state index contributed by atoms with van der Waals surface area (Å²) in [5.74, 6) is 0. The van der Waals surface area contributed by atoms with Gasteiger partial charge in [0.25, 0.3) is 0 Å². The van der Waals surface area contributed by atoms with Crippen LogP contribution in [0.25, 0.3) is 0 Å². The Labute approximate surface area is 95.2 Å². The zero-order valence-electron chi connectivity index (χ0n) is 8.89. The smallest absolute Gasteiger partial charge is 0.152 e. The van der Waals surface area contributed by atoms with E-state index < -0.39 is 0 Å². The van der Waals surface area contributed by atoms with Gasteiger partial charge in [-0.15, -0.1) is 0 Å². The topological polar surface area (TPSA) is 37.0 Å². The van der Waals surface area contributed by atoms with Gasteiger partial charge in [-0.3, -0.25) is 0 Å². The molecule has 1 aromatic heterocycles. The lowest BCUT2D eigenvalue weighted by Gasteiger charge is -2.14. The molecule has 1 atom stereocenters. The second-order valence-electron chi connectivity index (χ2n) is 3.97. The summed E-state index contributed by atoms with van der Waals surface area (Å²) in [7, 11) is 0. The normalized spacial score (nSPS) is 20.5. The Morgan fingerprint density at radius 1 is 1.67 bits per heavy atom. The first-order chi connectivity index (χ1) is 7.27. The summed E-state index contributed by atoms with van der Waals surface area (Å²) in [4.78, 5) is 4.07. The lowest BCUT2D eigenvalue weighted by Crippen LogP contribution is -2.29. The highest BCUT2D eigenvalue weighted by molar-refractivity contribution is 6.32. The van der Waals surface area contributed by atoms with Gasteiger partial charge in [-0.2, -0.15) is 0 Å². The van der Waals surface area contributed by atoms with Gasteiger partial charge < -0.3 is 10.6 Å². The van der Waals surface area contributed by atoms with Crippen LogP contribution in [-0.4, -0.2) is 24.1 Å². The fraction of sp³-hybridized carbons (Fsp3) is 0.545. The maximum absolute atomic E-state index is 6.02. The molecule has 0 bridgehead atoms. The first-order valence-corrected chi connectivity index (χ1v) is 5.73. The number of aromatic nitrogens is 1. The summed E-state index contributed by atoms with van der Waals surface area (Å²) in [6.07, 6.45) is 4.24. The molecule has 1 aromatic rings. The van der Waals surface area contributed by atoms with E-state index in [-0.39, 0.29) is 0 Å². The molecular formula is C11H16ClN3. The van der Waals surface area contributed by atoms with E-state index >= 15 is 0 Å². The predicted molar refractivity (Wildman–Crippen MR) is 63.5 cm³/mol. The van der Waals surface area contributed by atoms with Crippen molar-refractivity contribution in [3.05, 3.63) is 23.0 Å². The van der Waals surface area contributed by atoms with E-state index in [0.29, 0.717) is 11.2 Å². The number of aryl methyl sites for hydroxylation is 1. The van der Waals surface area contributed by atoms with Crippen LogP contribution in [0.5, 0.6) is 0 Å². The van der Waals surface area contributed by atoms with Crippen molar-refractivity contribution in [2.24, 2.45) is 0 Å². The van der Waals surface area contributed by atoms with E-state index in [9.17, 15) is 0 Å². The number of rotatable bonds is 3. The number of nitrogens with one attached hydrogen (secondary N) is 2. The standard InChI is InChI=1S/C11H16ClN3/c1-8-4-6-14-11(12)10(8)15-7-9-3-2-5-13-9/h4,6,9,13,15H,2-3,5,7H2,1H3. The average Bonchev–Trinajstić information content (AvgIpc) is 2.70. The second kappa shape index (κ2) is 4.81. The summed E-state index contributed by atoms with van der Waals surface area (Å²) < 4.78 is 0. The van der Waals surface area contributed by atoms with Crippen molar-refractivity contribution in [2.75, 3.05) is 18.4 Å². The number of nitrogens with zero attached hydrogens (tertiary/aromatic N) is 1. The van der Waals surface area contributed by atoms with E-state index in [4.69, 9.17) is 11.6 Å². The minimum Gasteiger partial charge on any atom is -0.381 e. The molecule has 0 radical (unpaired) electrons. The molecule has 0 aliphatic carbocycles. The largest absolute Gasteiger partial charge is 0.381 e. The van der Waals surface area contributed by atoms with Crippen LogP contribution in [0.1, 0.15) is 18.4 Å². The van der Waals surface area contributed by atoms with Crippen LogP contribution in [0.3, 0.4) is 0 Å². The molecule has 1 saturated heterocycles. The van der Waals surface area contributed by atoms with E-state index in [1.807, 2.05) is 13.0 Å². The molecule has 3 nitrogen and oxygen atoms in total. The summed E-state index contributed by atoms with van der Waals surface area (Å²) >= 11 is 6.02. The van der Waals surface area contributed by atoms with Gasteiger partial charge in [0.2, 0.25) is 0 Å². The van der Waals surface area contributed by atoms with Crippen molar-refractivity contribution in [2.45, 2.75) is 25.8 Å². The van der Waals surface area contributed by atoms with Crippen LogP contribution in [-0.2, 0) is 0 Å². The van der Waals surface area contributed by atoms with Crippen LogP contribution >= 0.6 is 11.6 Å². The number of pyridine rings is 1. The molecule has 1 fully saturated rings. The van der Waals surface area contributed by atoms with Crippen LogP contribution in [0, 0.1) is 6.92 Å². The quantitative estimate of drug-likeness (QED) is 0.775. The molecule has 1 aliphatic heterocycles. The third kappa shape index (κ3) is 2.61. The maximum Gasteiger partial charge on any atom is 0.152 e. The van der Waals surface area contributed by atoms with E-state index in [1.54, 1.807) is 6.20 Å². The van der Waals surface area contributed by atoms with Crippen LogP contribution in [0.4, 0.5) is 5.69 Å². The Morgan fingerprint density at radius 2 is 2.53 bits per heavy atom. The fourth-order valence-electron chi connectivity index (χ4n) is 1.89. The van der Waals surface area contributed by atoms with Crippen molar-refractivity contribution < 1.29 is 0 Å². The van der Waals surface area contributed by atoms with E-state index in [2.05, 4.69) is 15.6 Å². The van der Waals surface area contributed by atoms with Crippen molar-refractivity contribution in [1.29, 1.82) is 0 Å². The molecule has 0 amide bonds. The van der Waals surface area contributed by atoms with Crippen LogP contribution < -0.4 is 10.6 Å². The van der Waals surface area contributed by atoms with Crippen LogP contribution in [0.15, 0.2) is 12.3 Å². The minimum absolute atomic E-state index is 0.563. The molecule has 1 aliphatic rings. The number of anilines is 1. The predicted octanol–water partition coefficient (Wildman–Crippen LogP) is 2.21. The number of halogens is 1. The fourth-order valence-corrected chi connectivity index (χ4v) is 2.17. The van der Waals surface area contributed by atoms with Gasteiger partial charge in [0, 0.05) is 18.8 Å². The Bertz CT molecular complexity index is 314. The zero-order valence-corrected chi connectivity index (χ0v) is 9.64. The third-order valence-corrected chi connectivity index (χ3v) is 3.09. The first kappa shape index (κ1) is 10.7. The Morgan fingerprint density at radius 3 is 3.20 bits per heavy atom. The average molecular weight is 226 g/mol. The summed E-state index contributed by atoms with van der Waals surface area (Å²) in [6.45, 7) is 4.09. The highest BCUT2D eigenvalue weighted by atomic mass is 35.5. The number of hydrogen-bond donors (Lipinski definition) is 2. The third-order valence-electron chi connectivity index (χ3n) is 2.80. The molecule has 1 unspecified atom stereocenters. The van der Waals surface area contributed by atoms with Crippen molar-refractivity contribution in [3.8, 4) is 0 Å². The van der Waals surface area contributed by atoms with Crippen molar-refractivity contribution in [3.63, 3.8) is 0 Å². The van der Waals surface area contributed by atoms with Gasteiger partial charge in [-0.25, -0.2) is 4.98 Å². The molecule has 15 heavy (non-hydrogen) atoms. The summed E-state index contributed by atoms with van der Waals surface area (Å²) in [5.41, 5.74) is 2.11. The van der Waals surface area contributed by atoms with Crippen molar-refractivity contribution in [1.82, 2.24) is 10.3 Å². The van der Waals surface area contributed by atoms with E-state index in [0.717, 1.165) is 24.3 Å². The Balaban J connectivity index is 1.97. The summed E-state index contributed by atoms with van der Waals surface area (Å²) in [5, 5.41) is 7.37. The van der Waals surface area contributed by atoms with Gasteiger partial charge in [-0.05, 0) is 37.9 Å². The highest BCUT2D eigenvalue weighted by Crippen LogP contribution is 2.22. The van der Waals surface area contributed by atoms with Gasteiger partial charge in [0.15, 0.2) is 5.15 Å². The van der Waals surface area contributed by atoms with Gasteiger partial charge in [0.1, 0.15) is 0 Å². The van der Waals surface area contributed by atoms with Crippen LogP contribution in [0.2, 0.25) is 5.15 Å². The van der Waals surface area contributed by atoms with Crippen molar-refractivity contribution >= 4 is 17.3 Å². The van der Waals surface area contributed by atoms with Gasteiger partial charge >= 0.3 is 0 Å². The van der Waals surface area contributed by atoms with E-state index in [1.165, 1.54) is 12.8 Å². The van der Waals surface area contributed by atoms with Gasteiger partial charge in [0.05, 0.1) is 5.69 Å². The molecule has 2 rings (SSSR count). The van der Waals surface area contributed by atoms with Gasteiger partial charge in [-0.1, -0.05) is 11.6 Å². The SMILES string of the molecule is Cc1ccnc(Cl)c1NCC1CCCN1. The second-order valence-corrected chi connectivity index (χ2v) is 4.33. The molecule has 4 heteroatoms. The first-order valence-electron chi connectivity index (χ1n) is 5.36. The lowest BCUT2D eigenvalue weighted by molar-refractivity contribution is 0.633. The summed E-state index contributed by atoms with van der Waals surface area (Å²) in [6, 6.07) is 2.54. The Hall–Kier alpha value is -0.800. The highest BCUT2D eigenvalue weighted by Gasteiger charge is 2.14. The molecule has 0 saturated carbocycles. The number of hydrogen-bond acceptors (Lipinski definition) is 3. The Kier molecular flexibility index (Phi) is 3.44. The zero-order chi connectivity index (χ0) is 10.7. The molecule has 2 N–H and O–H groups in total. The monoisotopic (exact) mass is 225 g/mol.